The predicted octanol–water partition coefficient (Wildman–Crippen LogP) is 5.57. The SMILES string of the molecule is CON1C(C)(C)CC(C(=O)OC(OC(=O)C2CC(C)(C)N(OC)C2(C)C)C(OC(=O)C2CC(C)(C)N(OC)C2(C)C)OC(=O)C2CC(C)(C)N(OC)C2(C)C)C1(C)C. The molecule has 0 spiro atoms. The Kier molecular flexibility index (Phi) is 13.1. The maximum Gasteiger partial charge on any atom is 0.320 e. The van der Waals surface area contributed by atoms with Crippen LogP contribution in [0.2, 0.25) is 0 Å². The van der Waals surface area contributed by atoms with Crippen LogP contribution < -0.4 is 0 Å². The van der Waals surface area contributed by atoms with Gasteiger partial charge in [-0.25, -0.2) is 0 Å². The van der Waals surface area contributed by atoms with E-state index >= 15 is 0 Å². The van der Waals surface area contributed by atoms with E-state index < -0.39 is 104 Å². The maximum atomic E-state index is 14.5. The molecule has 4 aliphatic heterocycles. The molecule has 0 bridgehead atoms. The largest absolute Gasteiger partial charge is 0.417 e. The van der Waals surface area contributed by atoms with Crippen molar-refractivity contribution in [2.24, 2.45) is 23.7 Å². The number of rotatable bonds is 13. The van der Waals surface area contributed by atoms with Crippen molar-refractivity contribution in [1.82, 2.24) is 20.3 Å². The number of ether oxygens (including phenoxy) is 4. The van der Waals surface area contributed by atoms with Gasteiger partial charge in [0.15, 0.2) is 0 Å². The average Bonchev–Trinajstić information content (AvgIpc) is 3.56. The third kappa shape index (κ3) is 8.29. The molecule has 16 nitrogen and oxygen atoms in total. The Bertz CT molecular complexity index is 1350. The van der Waals surface area contributed by atoms with Crippen molar-refractivity contribution in [2.45, 2.75) is 193 Å². The van der Waals surface area contributed by atoms with Gasteiger partial charge in [-0.05, 0) is 136 Å². The molecule has 0 radical (unpaired) electrons. The molecule has 4 unspecified atom stereocenters. The second-order valence-electron chi connectivity index (χ2n) is 21.3. The number of nitrogens with zero attached hydrogens (tertiary/aromatic N) is 4. The van der Waals surface area contributed by atoms with Crippen LogP contribution >= 0.6 is 0 Å². The van der Waals surface area contributed by atoms with Crippen LogP contribution in [0, 0.1) is 23.7 Å². The molecule has 4 atom stereocenters. The van der Waals surface area contributed by atoms with E-state index in [1.54, 1.807) is 20.3 Å². The van der Waals surface area contributed by atoms with Crippen molar-refractivity contribution in [3.05, 3.63) is 0 Å². The second-order valence-corrected chi connectivity index (χ2v) is 21.3. The molecule has 0 N–H and O–H groups in total. The average molecular weight is 827 g/mol. The highest BCUT2D eigenvalue weighted by Crippen LogP contribution is 2.50. The van der Waals surface area contributed by atoms with Gasteiger partial charge in [0.25, 0.3) is 0 Å². The molecule has 0 amide bonds. The quantitative estimate of drug-likeness (QED) is 0.168. The summed E-state index contributed by atoms with van der Waals surface area (Å²) >= 11 is 0. The van der Waals surface area contributed by atoms with Gasteiger partial charge in [-0.1, -0.05) is 0 Å². The van der Waals surface area contributed by atoms with Crippen molar-refractivity contribution in [3.63, 3.8) is 0 Å². The molecule has 16 heteroatoms. The van der Waals surface area contributed by atoms with E-state index in [2.05, 4.69) is 0 Å². The molecule has 0 aromatic rings. The van der Waals surface area contributed by atoms with Gasteiger partial charge >= 0.3 is 36.5 Å². The van der Waals surface area contributed by atoms with Crippen LogP contribution in [-0.4, -0.2) is 129 Å². The molecule has 334 valence electrons. The Morgan fingerprint density at radius 2 is 0.517 bits per heavy atom. The van der Waals surface area contributed by atoms with Crippen molar-refractivity contribution < 1.29 is 57.5 Å². The van der Waals surface area contributed by atoms with Crippen LogP contribution in [0.4, 0.5) is 0 Å². The first-order valence-corrected chi connectivity index (χ1v) is 20.4. The number of esters is 4. The first-order chi connectivity index (χ1) is 26.2. The Hall–Kier alpha value is -2.44. The highest BCUT2D eigenvalue weighted by molar-refractivity contribution is 5.79. The van der Waals surface area contributed by atoms with Crippen LogP contribution in [0.1, 0.15) is 136 Å². The molecule has 0 aliphatic carbocycles. The summed E-state index contributed by atoms with van der Waals surface area (Å²) < 4.78 is 24.7. The van der Waals surface area contributed by atoms with Gasteiger partial charge in [-0.2, -0.15) is 20.3 Å². The zero-order valence-corrected chi connectivity index (χ0v) is 39.0. The van der Waals surface area contributed by atoms with Gasteiger partial charge < -0.3 is 38.3 Å². The summed E-state index contributed by atoms with van der Waals surface area (Å²) in [6, 6.07) is 0. The van der Waals surface area contributed by atoms with Gasteiger partial charge in [0.1, 0.15) is 0 Å². The van der Waals surface area contributed by atoms with Crippen LogP contribution in [0.25, 0.3) is 0 Å². The molecular weight excluding hydrogens is 752 g/mol. The van der Waals surface area contributed by atoms with Gasteiger partial charge in [-0.3, -0.25) is 19.2 Å². The highest BCUT2D eigenvalue weighted by Gasteiger charge is 2.61. The van der Waals surface area contributed by atoms with E-state index in [4.69, 9.17) is 38.3 Å². The fourth-order valence-corrected chi connectivity index (χ4v) is 11.5. The summed E-state index contributed by atoms with van der Waals surface area (Å²) in [5, 5.41) is 6.96. The number of carbonyl (C=O) groups excluding carboxylic acids is 4. The Morgan fingerprint density at radius 3 is 0.638 bits per heavy atom. The molecule has 4 heterocycles. The van der Waals surface area contributed by atoms with Gasteiger partial charge in [0.05, 0.1) is 74.3 Å². The van der Waals surface area contributed by atoms with E-state index in [0.717, 1.165) is 0 Å². The first-order valence-electron chi connectivity index (χ1n) is 20.4. The monoisotopic (exact) mass is 827 g/mol. The van der Waals surface area contributed by atoms with E-state index in [-0.39, 0.29) is 0 Å². The van der Waals surface area contributed by atoms with Gasteiger partial charge in [-0.15, -0.1) is 0 Å². The molecule has 4 fully saturated rings. The van der Waals surface area contributed by atoms with Gasteiger partial charge in [0.2, 0.25) is 0 Å². The third-order valence-corrected chi connectivity index (χ3v) is 13.5. The molecule has 58 heavy (non-hydrogen) atoms. The van der Waals surface area contributed by atoms with E-state index in [0.29, 0.717) is 25.7 Å². The lowest BCUT2D eigenvalue weighted by molar-refractivity contribution is -0.272. The van der Waals surface area contributed by atoms with E-state index in [1.165, 1.54) is 28.4 Å². The Balaban J connectivity index is 1.83. The Morgan fingerprint density at radius 1 is 0.362 bits per heavy atom. The maximum absolute atomic E-state index is 14.5. The lowest BCUT2D eigenvalue weighted by Crippen LogP contribution is -2.53. The third-order valence-electron chi connectivity index (χ3n) is 13.5. The summed E-state index contributed by atoms with van der Waals surface area (Å²) in [7, 11) is 6.16. The Labute approximate surface area is 346 Å². The van der Waals surface area contributed by atoms with Gasteiger partial charge in [0, 0.05) is 22.2 Å². The molecule has 4 saturated heterocycles. The van der Waals surface area contributed by atoms with Crippen LogP contribution in [0.3, 0.4) is 0 Å². The summed E-state index contributed by atoms with van der Waals surface area (Å²) in [6.45, 7) is 30.4. The highest BCUT2D eigenvalue weighted by atomic mass is 16.8. The van der Waals surface area contributed by atoms with Crippen molar-refractivity contribution >= 4 is 23.9 Å². The first kappa shape index (κ1) is 48.2. The molecule has 0 aromatic heterocycles. The minimum Gasteiger partial charge on any atom is -0.417 e. The zero-order chi connectivity index (χ0) is 44.6. The fourth-order valence-electron chi connectivity index (χ4n) is 11.5. The minimum atomic E-state index is -1.99. The molecule has 4 aliphatic rings. The van der Waals surface area contributed by atoms with Crippen molar-refractivity contribution in [1.29, 1.82) is 0 Å². The van der Waals surface area contributed by atoms with Crippen LogP contribution in [0.15, 0.2) is 0 Å². The lowest BCUT2D eigenvalue weighted by atomic mass is 9.87. The fraction of sp³-hybridized carbons (Fsp3) is 0.905. The topological polar surface area (TPSA) is 155 Å². The summed E-state index contributed by atoms with van der Waals surface area (Å²) in [5.41, 5.74) is -5.86. The van der Waals surface area contributed by atoms with Crippen molar-refractivity contribution in [2.75, 3.05) is 28.4 Å². The number of carbonyl (C=O) groups is 4. The molecule has 4 rings (SSSR count). The van der Waals surface area contributed by atoms with Crippen LogP contribution in [-0.2, 0) is 57.5 Å². The summed E-state index contributed by atoms with van der Waals surface area (Å²) in [6.07, 6.45) is -2.71. The predicted molar refractivity (Wildman–Crippen MR) is 212 cm³/mol. The standard InChI is InChI=1S/C42H74N4O12/c1-35(2)21-25(39(9,10)43(35)51-17)29(47)55-33(56-30(48)26-22-36(3,4)44(52-18)40(26,11)12)34(57-31(49)27-23-37(5,6)45(53-19)41(27,13)14)58-32(50)28-24-38(7,8)46(54-20)42(28,15)16/h25-28,33-34H,21-24H2,1-20H3. The van der Waals surface area contributed by atoms with Crippen molar-refractivity contribution in [3.8, 4) is 0 Å². The molecule has 0 aromatic carbocycles. The normalized spacial score (nSPS) is 31.7. The number of hydrogen-bond acceptors (Lipinski definition) is 16. The van der Waals surface area contributed by atoms with E-state index in [9.17, 15) is 19.2 Å². The summed E-state index contributed by atoms with van der Waals surface area (Å²) in [4.78, 5) is 81.1. The smallest absolute Gasteiger partial charge is 0.320 e. The van der Waals surface area contributed by atoms with Crippen LogP contribution in [0.5, 0.6) is 0 Å². The number of hydroxylamine groups is 8. The number of hydrogen-bond donors (Lipinski definition) is 0. The van der Waals surface area contributed by atoms with E-state index in [1.807, 2.05) is 111 Å². The molecular formula is C42H74N4O12. The minimum absolute atomic E-state index is 0.320. The second kappa shape index (κ2) is 15.8. The molecule has 0 saturated carbocycles. The lowest BCUT2D eigenvalue weighted by Gasteiger charge is -2.40. The zero-order valence-electron chi connectivity index (χ0n) is 39.0. The summed E-state index contributed by atoms with van der Waals surface area (Å²) in [5.74, 6) is -6.19.